The molecule has 2 aliphatic heterocycles. The molecular formula is C14H17NO6S. The Morgan fingerprint density at radius 3 is 2.77 bits per heavy atom. The largest absolute Gasteiger partial charge is 0.477 e. The lowest BCUT2D eigenvalue weighted by molar-refractivity contribution is -0.161. The number of aliphatic carboxylic acids is 1. The molecule has 0 spiro atoms. The maximum Gasteiger partial charge on any atom is 0.353 e. The molecule has 2 heterocycles. The molecule has 22 heavy (non-hydrogen) atoms. The normalized spacial score (nSPS) is 25.2. The number of fused-ring (bicyclic) bond motifs is 1. The molecule has 2 aliphatic rings. The summed E-state index contributed by atoms with van der Waals surface area (Å²) in [6.45, 7) is 3.47. The van der Waals surface area contributed by atoms with Crippen LogP contribution in [0.1, 0.15) is 20.3 Å². The second-order valence-electron chi connectivity index (χ2n) is 5.00. The molecule has 0 radical (unpaired) electrons. The third-order valence-corrected chi connectivity index (χ3v) is 4.51. The standard InChI is InChI=1S/C14H17NO6S/c1-3-21-10(17)4-5-22-9-6-8-11(7(2)16)13(18)15(8)12(9)14(19)20/h4-5,7-8,11,16H,3,6H2,1-2H3,(H,19,20)/t7-,8+,11-/m0/s1. The van der Waals surface area contributed by atoms with Gasteiger partial charge in [-0.1, -0.05) is 11.8 Å². The van der Waals surface area contributed by atoms with Gasteiger partial charge in [0.15, 0.2) is 0 Å². The molecule has 2 rings (SSSR count). The van der Waals surface area contributed by atoms with Crippen molar-refractivity contribution >= 4 is 29.6 Å². The average molecular weight is 327 g/mol. The summed E-state index contributed by atoms with van der Waals surface area (Å²) in [7, 11) is 0. The number of aliphatic hydroxyl groups excluding tert-OH is 1. The maximum atomic E-state index is 12.0. The molecule has 0 aromatic rings. The first-order chi connectivity index (χ1) is 10.4. The number of nitrogens with zero attached hydrogens (tertiary/aromatic N) is 1. The molecule has 1 fully saturated rings. The first kappa shape index (κ1) is 16.6. The Balaban J connectivity index is 2.12. The van der Waals surface area contributed by atoms with Gasteiger partial charge in [0.25, 0.3) is 0 Å². The van der Waals surface area contributed by atoms with Crippen molar-refractivity contribution in [2.45, 2.75) is 32.4 Å². The van der Waals surface area contributed by atoms with Gasteiger partial charge in [0.05, 0.1) is 24.7 Å². The number of thioether (sulfide) groups is 1. The predicted molar refractivity (Wildman–Crippen MR) is 78.4 cm³/mol. The van der Waals surface area contributed by atoms with E-state index in [0.29, 0.717) is 11.3 Å². The van der Waals surface area contributed by atoms with E-state index in [1.807, 2.05) is 0 Å². The van der Waals surface area contributed by atoms with Crippen molar-refractivity contribution in [2.75, 3.05) is 6.61 Å². The summed E-state index contributed by atoms with van der Waals surface area (Å²) in [5, 5.41) is 20.4. The summed E-state index contributed by atoms with van der Waals surface area (Å²) in [5.41, 5.74) is -0.0644. The molecule has 0 aromatic heterocycles. The van der Waals surface area contributed by atoms with Crippen molar-refractivity contribution < 1.29 is 29.3 Å². The summed E-state index contributed by atoms with van der Waals surface area (Å²) < 4.78 is 4.73. The molecule has 0 bridgehead atoms. The van der Waals surface area contributed by atoms with E-state index in [0.717, 1.165) is 11.8 Å². The average Bonchev–Trinajstić information content (AvgIpc) is 2.73. The number of rotatable bonds is 6. The van der Waals surface area contributed by atoms with Gasteiger partial charge >= 0.3 is 11.9 Å². The van der Waals surface area contributed by atoms with E-state index in [-0.39, 0.29) is 24.3 Å². The molecule has 0 aliphatic carbocycles. The highest BCUT2D eigenvalue weighted by atomic mass is 32.2. The highest BCUT2D eigenvalue weighted by Crippen LogP contribution is 2.47. The van der Waals surface area contributed by atoms with Crippen LogP contribution in [-0.2, 0) is 19.1 Å². The molecule has 120 valence electrons. The van der Waals surface area contributed by atoms with E-state index < -0.39 is 24.0 Å². The first-order valence-electron chi connectivity index (χ1n) is 6.86. The monoisotopic (exact) mass is 327 g/mol. The number of hydrogen-bond donors (Lipinski definition) is 2. The second-order valence-corrected chi connectivity index (χ2v) is 6.00. The molecule has 8 heteroatoms. The van der Waals surface area contributed by atoms with Crippen LogP contribution in [0.4, 0.5) is 0 Å². The number of β-lactam (4-membered cyclic amide) rings is 1. The zero-order chi connectivity index (χ0) is 16.4. The molecule has 1 amide bonds. The second kappa shape index (κ2) is 6.53. The lowest BCUT2D eigenvalue weighted by Crippen LogP contribution is -2.61. The summed E-state index contributed by atoms with van der Waals surface area (Å²) in [4.78, 5) is 36.3. The van der Waals surface area contributed by atoms with Crippen molar-refractivity contribution in [3.05, 3.63) is 22.1 Å². The van der Waals surface area contributed by atoms with Crippen molar-refractivity contribution in [1.29, 1.82) is 0 Å². The van der Waals surface area contributed by atoms with Gasteiger partial charge < -0.3 is 19.8 Å². The van der Waals surface area contributed by atoms with Gasteiger partial charge in [0, 0.05) is 17.4 Å². The van der Waals surface area contributed by atoms with Crippen LogP contribution in [0.5, 0.6) is 0 Å². The van der Waals surface area contributed by atoms with Crippen molar-refractivity contribution in [2.24, 2.45) is 5.92 Å². The fourth-order valence-electron chi connectivity index (χ4n) is 2.70. The summed E-state index contributed by atoms with van der Waals surface area (Å²) in [5.74, 6) is -2.64. The Morgan fingerprint density at radius 2 is 2.23 bits per heavy atom. The zero-order valence-corrected chi connectivity index (χ0v) is 13.0. The van der Waals surface area contributed by atoms with Crippen LogP contribution in [0.3, 0.4) is 0 Å². The lowest BCUT2D eigenvalue weighted by Gasteiger charge is -2.44. The van der Waals surface area contributed by atoms with Crippen molar-refractivity contribution in [1.82, 2.24) is 4.90 Å². The molecule has 0 saturated carbocycles. The summed E-state index contributed by atoms with van der Waals surface area (Å²) in [6, 6.07) is -0.322. The Hall–Kier alpha value is -1.80. The minimum atomic E-state index is -1.19. The Bertz CT molecular complexity index is 568. The SMILES string of the molecule is CCOC(=O)C=CSC1=C(C(=O)O)N2C(=O)[C@@H]([C@H](C)O)[C@H]2C1. The van der Waals surface area contributed by atoms with Gasteiger partial charge in [-0.05, 0) is 19.3 Å². The van der Waals surface area contributed by atoms with Crippen LogP contribution >= 0.6 is 11.8 Å². The van der Waals surface area contributed by atoms with Gasteiger partial charge in [-0.25, -0.2) is 9.59 Å². The molecule has 1 saturated heterocycles. The highest BCUT2D eigenvalue weighted by Gasteiger charge is 2.56. The van der Waals surface area contributed by atoms with Crippen LogP contribution in [0, 0.1) is 5.92 Å². The molecule has 2 N–H and O–H groups in total. The lowest BCUT2D eigenvalue weighted by atomic mass is 9.83. The molecular weight excluding hydrogens is 310 g/mol. The number of esters is 1. The fraction of sp³-hybridized carbons (Fsp3) is 0.500. The zero-order valence-electron chi connectivity index (χ0n) is 12.2. The number of aliphatic hydroxyl groups is 1. The third kappa shape index (κ3) is 2.89. The van der Waals surface area contributed by atoms with Crippen LogP contribution in [0.2, 0.25) is 0 Å². The highest BCUT2D eigenvalue weighted by molar-refractivity contribution is 8.05. The van der Waals surface area contributed by atoms with Crippen LogP contribution in [-0.4, -0.2) is 51.7 Å². The van der Waals surface area contributed by atoms with E-state index >= 15 is 0 Å². The van der Waals surface area contributed by atoms with Crippen LogP contribution in [0.25, 0.3) is 0 Å². The molecule has 3 atom stereocenters. The van der Waals surface area contributed by atoms with Crippen molar-refractivity contribution in [3.8, 4) is 0 Å². The molecule has 0 aromatic carbocycles. The van der Waals surface area contributed by atoms with E-state index in [1.165, 1.54) is 23.3 Å². The quantitative estimate of drug-likeness (QED) is 0.420. The fourth-order valence-corrected chi connectivity index (χ4v) is 3.61. The number of ether oxygens (including phenoxy) is 1. The number of carbonyl (C=O) groups excluding carboxylic acids is 2. The maximum absolute atomic E-state index is 12.0. The third-order valence-electron chi connectivity index (χ3n) is 3.59. The van der Waals surface area contributed by atoms with Crippen LogP contribution < -0.4 is 0 Å². The Morgan fingerprint density at radius 1 is 1.55 bits per heavy atom. The van der Waals surface area contributed by atoms with E-state index in [4.69, 9.17) is 4.74 Å². The summed E-state index contributed by atoms with van der Waals surface area (Å²) in [6.07, 6.45) is 0.758. The predicted octanol–water partition coefficient (Wildman–Crippen LogP) is 0.704. The van der Waals surface area contributed by atoms with Crippen LogP contribution in [0.15, 0.2) is 22.1 Å². The van der Waals surface area contributed by atoms with E-state index in [2.05, 4.69) is 0 Å². The number of carbonyl (C=O) groups is 3. The minimum Gasteiger partial charge on any atom is -0.477 e. The number of amides is 1. The van der Waals surface area contributed by atoms with Gasteiger partial charge in [0.2, 0.25) is 5.91 Å². The topological polar surface area (TPSA) is 104 Å². The summed E-state index contributed by atoms with van der Waals surface area (Å²) >= 11 is 1.08. The number of hydrogen-bond acceptors (Lipinski definition) is 6. The van der Waals surface area contributed by atoms with Crippen molar-refractivity contribution in [3.63, 3.8) is 0 Å². The Kier molecular flexibility index (Phi) is 4.92. The minimum absolute atomic E-state index is 0.0644. The Labute approximate surface area is 131 Å². The van der Waals surface area contributed by atoms with Gasteiger partial charge in [-0.2, -0.15) is 0 Å². The smallest absolute Gasteiger partial charge is 0.353 e. The van der Waals surface area contributed by atoms with Gasteiger partial charge in [-0.15, -0.1) is 0 Å². The number of carboxylic acids is 1. The first-order valence-corrected chi connectivity index (χ1v) is 7.74. The molecule has 7 nitrogen and oxygen atoms in total. The van der Waals surface area contributed by atoms with E-state index in [9.17, 15) is 24.6 Å². The van der Waals surface area contributed by atoms with E-state index in [1.54, 1.807) is 6.92 Å². The molecule has 0 unspecified atom stereocenters. The van der Waals surface area contributed by atoms with Gasteiger partial charge in [-0.3, -0.25) is 4.79 Å². The van der Waals surface area contributed by atoms with Gasteiger partial charge in [0.1, 0.15) is 5.70 Å². The number of carboxylic acid groups (broad SMARTS) is 1.